The van der Waals surface area contributed by atoms with Gasteiger partial charge in [0.1, 0.15) is 5.69 Å². The van der Waals surface area contributed by atoms with Crippen LogP contribution in [-0.2, 0) is 7.05 Å². The second kappa shape index (κ2) is 2.57. The third kappa shape index (κ3) is 1.19. The molecule has 10 heavy (non-hydrogen) atoms. The molecule has 0 amide bonds. The number of hydrogen-bond donors (Lipinski definition) is 0. The predicted octanol–water partition coefficient (Wildman–Crippen LogP) is 1.10. The van der Waals surface area contributed by atoms with Crippen LogP contribution >= 0.6 is 0 Å². The Labute approximate surface area is 60.9 Å². The maximum Gasteiger partial charge on any atom is 0.111 e. The lowest BCUT2D eigenvalue weighted by Crippen LogP contribution is -1.93. The van der Waals surface area contributed by atoms with Gasteiger partial charge < -0.3 is 0 Å². The van der Waals surface area contributed by atoms with Crippen LogP contribution in [0.25, 0.3) is 0 Å². The molecule has 0 radical (unpaired) electrons. The lowest BCUT2D eigenvalue weighted by atomic mass is 10.4. The van der Waals surface area contributed by atoms with Crippen LogP contribution in [0.3, 0.4) is 0 Å². The summed E-state index contributed by atoms with van der Waals surface area (Å²) in [5.74, 6) is 5.77. The van der Waals surface area contributed by atoms with Crippen molar-refractivity contribution in [1.29, 1.82) is 0 Å². The van der Waals surface area contributed by atoms with E-state index >= 15 is 0 Å². The average molecular weight is 134 g/mol. The number of hydrogen-bond acceptors (Lipinski definition) is 1. The maximum atomic E-state index is 4.14. The van der Waals surface area contributed by atoms with Gasteiger partial charge >= 0.3 is 0 Å². The Kier molecular flexibility index (Phi) is 1.77. The van der Waals surface area contributed by atoms with E-state index in [0.29, 0.717) is 0 Å². The molecule has 0 unspecified atom stereocenters. The Bertz CT molecular complexity index is 286. The zero-order valence-corrected chi connectivity index (χ0v) is 6.47. The quantitative estimate of drug-likeness (QED) is 0.486. The van der Waals surface area contributed by atoms with Crippen LogP contribution in [0.2, 0.25) is 0 Å². The van der Waals surface area contributed by atoms with Crippen molar-refractivity contribution >= 4 is 0 Å². The van der Waals surface area contributed by atoms with Crippen LogP contribution in [-0.4, -0.2) is 9.78 Å². The molecule has 2 heteroatoms. The predicted molar refractivity (Wildman–Crippen MR) is 40.5 cm³/mol. The van der Waals surface area contributed by atoms with Gasteiger partial charge in [0.25, 0.3) is 0 Å². The van der Waals surface area contributed by atoms with Gasteiger partial charge in [0.15, 0.2) is 0 Å². The Balaban J connectivity index is 3.11. The van der Waals surface area contributed by atoms with E-state index in [1.54, 1.807) is 4.68 Å². The molecule has 0 aromatic carbocycles. The van der Waals surface area contributed by atoms with E-state index in [2.05, 4.69) is 16.9 Å². The zero-order chi connectivity index (χ0) is 7.56. The van der Waals surface area contributed by atoms with Crippen LogP contribution in [0.1, 0.15) is 18.3 Å². The van der Waals surface area contributed by atoms with Gasteiger partial charge in [-0.3, -0.25) is 4.68 Å². The molecule has 1 aromatic heterocycles. The normalized spacial score (nSPS) is 8.70. The summed E-state index contributed by atoms with van der Waals surface area (Å²) in [7, 11) is 1.90. The summed E-state index contributed by atoms with van der Waals surface area (Å²) in [4.78, 5) is 0. The van der Waals surface area contributed by atoms with Gasteiger partial charge in [0.05, 0.1) is 5.69 Å². The summed E-state index contributed by atoms with van der Waals surface area (Å²) < 4.78 is 1.78. The number of aryl methyl sites for hydroxylation is 2. The lowest BCUT2D eigenvalue weighted by molar-refractivity contribution is 0.747. The van der Waals surface area contributed by atoms with Crippen molar-refractivity contribution < 1.29 is 0 Å². The van der Waals surface area contributed by atoms with Crippen molar-refractivity contribution in [3.63, 3.8) is 0 Å². The molecule has 52 valence electrons. The van der Waals surface area contributed by atoms with Gasteiger partial charge in [-0.05, 0) is 25.8 Å². The van der Waals surface area contributed by atoms with Crippen molar-refractivity contribution in [2.45, 2.75) is 13.8 Å². The molecule has 0 spiro atoms. The summed E-state index contributed by atoms with van der Waals surface area (Å²) in [6, 6.07) is 1.97. The number of aromatic nitrogens is 2. The third-order valence-corrected chi connectivity index (χ3v) is 1.26. The van der Waals surface area contributed by atoms with Gasteiger partial charge in [0, 0.05) is 7.05 Å². The Morgan fingerprint density at radius 2 is 2.30 bits per heavy atom. The summed E-state index contributed by atoms with van der Waals surface area (Å²) in [6.45, 7) is 3.78. The highest BCUT2D eigenvalue weighted by Crippen LogP contribution is 1.98. The first-order chi connectivity index (χ1) is 4.74. The fourth-order valence-corrected chi connectivity index (χ4v) is 0.856. The largest absolute Gasteiger partial charge is 0.260 e. The van der Waals surface area contributed by atoms with Crippen LogP contribution in [0, 0.1) is 18.8 Å². The second-order valence-corrected chi connectivity index (χ2v) is 2.17. The van der Waals surface area contributed by atoms with Crippen LogP contribution in [0.4, 0.5) is 0 Å². The maximum absolute atomic E-state index is 4.14. The van der Waals surface area contributed by atoms with Gasteiger partial charge in [-0.25, -0.2) is 0 Å². The van der Waals surface area contributed by atoms with Gasteiger partial charge in [0.2, 0.25) is 0 Å². The molecule has 0 aliphatic carbocycles. The Hall–Kier alpha value is -1.23. The van der Waals surface area contributed by atoms with E-state index in [9.17, 15) is 0 Å². The van der Waals surface area contributed by atoms with Crippen molar-refractivity contribution in [1.82, 2.24) is 9.78 Å². The molecule has 0 atom stereocenters. The van der Waals surface area contributed by atoms with E-state index in [1.165, 1.54) is 0 Å². The van der Waals surface area contributed by atoms with Crippen LogP contribution in [0.5, 0.6) is 0 Å². The SMILES string of the molecule is CC#Cc1cc(C)nn1C. The van der Waals surface area contributed by atoms with Gasteiger partial charge in [-0.2, -0.15) is 5.10 Å². The highest BCUT2D eigenvalue weighted by molar-refractivity contribution is 5.28. The first kappa shape index (κ1) is 6.88. The van der Waals surface area contributed by atoms with E-state index in [-0.39, 0.29) is 0 Å². The zero-order valence-electron chi connectivity index (χ0n) is 6.47. The molecule has 0 saturated carbocycles. The summed E-state index contributed by atoms with van der Waals surface area (Å²) in [5.41, 5.74) is 1.99. The highest BCUT2D eigenvalue weighted by atomic mass is 15.3. The first-order valence-corrected chi connectivity index (χ1v) is 3.17. The molecular weight excluding hydrogens is 124 g/mol. The third-order valence-electron chi connectivity index (χ3n) is 1.26. The molecule has 0 N–H and O–H groups in total. The molecule has 0 aliphatic heterocycles. The molecule has 0 bridgehead atoms. The number of rotatable bonds is 0. The molecule has 2 nitrogen and oxygen atoms in total. The molecule has 0 saturated heterocycles. The van der Waals surface area contributed by atoms with Crippen molar-refractivity contribution in [2.75, 3.05) is 0 Å². The first-order valence-electron chi connectivity index (χ1n) is 3.17. The minimum atomic E-state index is 0.972. The van der Waals surface area contributed by atoms with Crippen LogP contribution < -0.4 is 0 Å². The summed E-state index contributed by atoms with van der Waals surface area (Å²) in [6.07, 6.45) is 0. The van der Waals surface area contributed by atoms with E-state index in [4.69, 9.17) is 0 Å². The molecule has 1 heterocycles. The van der Waals surface area contributed by atoms with E-state index in [0.717, 1.165) is 11.4 Å². The molecular formula is C8H10N2. The minimum Gasteiger partial charge on any atom is -0.260 e. The Morgan fingerprint density at radius 1 is 1.60 bits per heavy atom. The smallest absolute Gasteiger partial charge is 0.111 e. The Morgan fingerprint density at radius 3 is 2.70 bits per heavy atom. The molecule has 0 aliphatic rings. The minimum absolute atomic E-state index is 0.972. The second-order valence-electron chi connectivity index (χ2n) is 2.17. The fraction of sp³-hybridized carbons (Fsp3) is 0.375. The van der Waals surface area contributed by atoms with Crippen LogP contribution in [0.15, 0.2) is 6.07 Å². The lowest BCUT2D eigenvalue weighted by Gasteiger charge is -1.87. The van der Waals surface area contributed by atoms with Crippen molar-refractivity contribution in [3.8, 4) is 11.8 Å². The monoisotopic (exact) mass is 134 g/mol. The molecule has 1 rings (SSSR count). The van der Waals surface area contributed by atoms with Crippen molar-refractivity contribution in [2.24, 2.45) is 7.05 Å². The van der Waals surface area contributed by atoms with E-state index in [1.807, 2.05) is 27.0 Å². The van der Waals surface area contributed by atoms with E-state index < -0.39 is 0 Å². The summed E-state index contributed by atoms with van der Waals surface area (Å²) >= 11 is 0. The van der Waals surface area contributed by atoms with Gasteiger partial charge in [-0.1, -0.05) is 5.92 Å². The highest BCUT2D eigenvalue weighted by Gasteiger charge is 1.95. The molecule has 0 fully saturated rings. The molecule has 1 aromatic rings. The standard InChI is InChI=1S/C8H10N2/c1-4-5-8-6-7(2)9-10(8)3/h6H,1-3H3. The topological polar surface area (TPSA) is 17.8 Å². The van der Waals surface area contributed by atoms with Gasteiger partial charge in [-0.15, -0.1) is 0 Å². The average Bonchev–Trinajstić information content (AvgIpc) is 2.13. The number of nitrogens with zero attached hydrogens (tertiary/aromatic N) is 2. The van der Waals surface area contributed by atoms with Crippen molar-refractivity contribution in [3.05, 3.63) is 17.5 Å². The fourth-order valence-electron chi connectivity index (χ4n) is 0.856. The summed E-state index contributed by atoms with van der Waals surface area (Å²) in [5, 5.41) is 4.14.